The van der Waals surface area contributed by atoms with Gasteiger partial charge in [-0.05, 0) is 36.6 Å². The van der Waals surface area contributed by atoms with Crippen LogP contribution >= 0.6 is 0 Å². The first-order valence-electron chi connectivity index (χ1n) is 6.36. The largest absolute Gasteiger partial charge is 0.310 e. The highest BCUT2D eigenvalue weighted by molar-refractivity contribution is 5.65. The maximum atomic E-state index is 13.8. The number of pyridine rings is 1. The molecular formula is C15H14F2N2. The van der Waals surface area contributed by atoms with E-state index < -0.39 is 11.6 Å². The van der Waals surface area contributed by atoms with Crippen LogP contribution in [0.15, 0.2) is 36.7 Å². The molecule has 98 valence electrons. The maximum Gasteiger partial charge on any atom is 0.149 e. The lowest BCUT2D eigenvalue weighted by Gasteiger charge is -2.08. The molecule has 0 bridgehead atoms. The molecule has 1 aromatic carbocycles. The van der Waals surface area contributed by atoms with E-state index in [2.05, 4.69) is 10.3 Å². The topological polar surface area (TPSA) is 24.9 Å². The zero-order valence-electron chi connectivity index (χ0n) is 10.4. The minimum Gasteiger partial charge on any atom is -0.310 e. The molecule has 3 rings (SSSR count). The molecule has 0 amide bonds. The Morgan fingerprint density at radius 1 is 1.11 bits per heavy atom. The summed E-state index contributed by atoms with van der Waals surface area (Å²) in [4.78, 5) is 3.68. The maximum absolute atomic E-state index is 13.8. The summed E-state index contributed by atoms with van der Waals surface area (Å²) in [5, 5.41) is 3.36. The molecule has 1 heterocycles. The number of nitrogens with one attached hydrogen (secondary N) is 1. The zero-order valence-corrected chi connectivity index (χ0v) is 10.4. The molecule has 0 unspecified atom stereocenters. The lowest BCUT2D eigenvalue weighted by molar-refractivity contribution is 0.611. The average molecular weight is 260 g/mol. The molecule has 4 heteroatoms. The Hall–Kier alpha value is -1.81. The molecule has 1 saturated carbocycles. The second-order valence-electron chi connectivity index (χ2n) is 4.82. The quantitative estimate of drug-likeness (QED) is 0.912. The van der Waals surface area contributed by atoms with E-state index in [0.717, 1.165) is 11.8 Å². The smallest absolute Gasteiger partial charge is 0.149 e. The van der Waals surface area contributed by atoms with Crippen LogP contribution in [0.5, 0.6) is 0 Å². The van der Waals surface area contributed by atoms with Crippen molar-refractivity contribution in [3.05, 3.63) is 53.9 Å². The Balaban J connectivity index is 1.90. The van der Waals surface area contributed by atoms with Crippen molar-refractivity contribution in [3.63, 3.8) is 0 Å². The molecular weight excluding hydrogens is 246 g/mol. The molecule has 1 aliphatic rings. The van der Waals surface area contributed by atoms with Crippen LogP contribution in [0.25, 0.3) is 11.1 Å². The molecule has 1 aliphatic carbocycles. The standard InChI is InChI=1S/C15H14F2N2/c16-14-4-1-10(8-19-11-2-3-11)7-13(14)12-5-6-18-9-15(12)17/h1,4-7,9,11,19H,2-3,8H2. The minimum absolute atomic E-state index is 0.251. The van der Waals surface area contributed by atoms with Crippen LogP contribution in [0, 0.1) is 11.6 Å². The van der Waals surface area contributed by atoms with Crippen LogP contribution in [-0.2, 0) is 6.54 Å². The van der Waals surface area contributed by atoms with Gasteiger partial charge in [-0.2, -0.15) is 0 Å². The number of hydrogen-bond acceptors (Lipinski definition) is 2. The van der Waals surface area contributed by atoms with Gasteiger partial charge in [-0.25, -0.2) is 8.78 Å². The van der Waals surface area contributed by atoms with Crippen molar-refractivity contribution >= 4 is 0 Å². The molecule has 2 nitrogen and oxygen atoms in total. The Labute approximate surface area is 110 Å². The summed E-state index contributed by atoms with van der Waals surface area (Å²) in [7, 11) is 0. The first kappa shape index (κ1) is 12.2. The van der Waals surface area contributed by atoms with Gasteiger partial charge in [-0.15, -0.1) is 0 Å². The van der Waals surface area contributed by atoms with E-state index in [1.54, 1.807) is 12.1 Å². The van der Waals surface area contributed by atoms with E-state index in [9.17, 15) is 8.78 Å². The van der Waals surface area contributed by atoms with Gasteiger partial charge in [-0.1, -0.05) is 6.07 Å². The fourth-order valence-corrected chi connectivity index (χ4v) is 2.03. The first-order chi connectivity index (χ1) is 9.24. The van der Waals surface area contributed by atoms with Crippen molar-refractivity contribution in [1.82, 2.24) is 10.3 Å². The lowest BCUT2D eigenvalue weighted by atomic mass is 10.0. The SMILES string of the molecule is Fc1cnccc1-c1cc(CNC2CC2)ccc1F. The Bertz CT molecular complexity index is 594. The summed E-state index contributed by atoms with van der Waals surface area (Å²) in [6.07, 6.45) is 4.97. The summed E-state index contributed by atoms with van der Waals surface area (Å²) >= 11 is 0. The minimum atomic E-state index is -0.506. The third-order valence-electron chi connectivity index (χ3n) is 3.27. The molecule has 0 radical (unpaired) electrons. The highest BCUT2D eigenvalue weighted by Crippen LogP contribution is 2.26. The highest BCUT2D eigenvalue weighted by Gasteiger charge is 2.20. The van der Waals surface area contributed by atoms with Crippen molar-refractivity contribution in [1.29, 1.82) is 0 Å². The second kappa shape index (κ2) is 5.05. The van der Waals surface area contributed by atoms with E-state index in [1.807, 2.05) is 0 Å². The second-order valence-corrected chi connectivity index (χ2v) is 4.82. The summed E-state index contributed by atoms with van der Waals surface area (Å²) in [5.74, 6) is -0.922. The third-order valence-corrected chi connectivity index (χ3v) is 3.27. The summed E-state index contributed by atoms with van der Waals surface area (Å²) in [6.45, 7) is 0.685. The predicted molar refractivity (Wildman–Crippen MR) is 69.5 cm³/mol. The summed E-state index contributed by atoms with van der Waals surface area (Å²) in [5.41, 5.74) is 1.50. The number of rotatable bonds is 4. The first-order valence-corrected chi connectivity index (χ1v) is 6.36. The van der Waals surface area contributed by atoms with Gasteiger partial charge in [0.2, 0.25) is 0 Å². The van der Waals surface area contributed by atoms with E-state index in [1.165, 1.54) is 31.2 Å². The molecule has 2 aromatic rings. The lowest BCUT2D eigenvalue weighted by Crippen LogP contribution is -2.15. The van der Waals surface area contributed by atoms with Gasteiger partial charge in [0, 0.05) is 29.9 Å². The van der Waals surface area contributed by atoms with E-state index >= 15 is 0 Å². The Kier molecular flexibility index (Phi) is 3.25. The fraction of sp³-hybridized carbons (Fsp3) is 0.267. The van der Waals surface area contributed by atoms with Crippen LogP contribution in [0.3, 0.4) is 0 Å². The summed E-state index contributed by atoms with van der Waals surface area (Å²) < 4.78 is 27.5. The summed E-state index contributed by atoms with van der Waals surface area (Å²) in [6, 6.07) is 6.90. The van der Waals surface area contributed by atoms with E-state index in [4.69, 9.17) is 0 Å². The van der Waals surface area contributed by atoms with E-state index in [0.29, 0.717) is 12.6 Å². The van der Waals surface area contributed by atoms with Gasteiger partial charge in [0.05, 0.1) is 6.20 Å². The van der Waals surface area contributed by atoms with Crippen LogP contribution in [0.2, 0.25) is 0 Å². The molecule has 1 fully saturated rings. The molecule has 0 aliphatic heterocycles. The van der Waals surface area contributed by atoms with Crippen molar-refractivity contribution in [2.24, 2.45) is 0 Å². The molecule has 1 N–H and O–H groups in total. The van der Waals surface area contributed by atoms with Crippen LogP contribution in [0.1, 0.15) is 18.4 Å². The molecule has 0 atom stereocenters. The predicted octanol–water partition coefficient (Wildman–Crippen LogP) is 3.28. The van der Waals surface area contributed by atoms with Crippen molar-refractivity contribution in [2.45, 2.75) is 25.4 Å². The number of aromatic nitrogens is 1. The molecule has 1 aromatic heterocycles. The van der Waals surface area contributed by atoms with Gasteiger partial charge < -0.3 is 5.32 Å². The highest BCUT2D eigenvalue weighted by atomic mass is 19.1. The monoisotopic (exact) mass is 260 g/mol. The molecule has 0 saturated heterocycles. The van der Waals surface area contributed by atoms with Crippen molar-refractivity contribution in [3.8, 4) is 11.1 Å². The van der Waals surface area contributed by atoms with E-state index in [-0.39, 0.29) is 11.1 Å². The van der Waals surface area contributed by atoms with Crippen molar-refractivity contribution in [2.75, 3.05) is 0 Å². The Morgan fingerprint density at radius 2 is 1.95 bits per heavy atom. The van der Waals surface area contributed by atoms with Gasteiger partial charge in [0.15, 0.2) is 0 Å². The van der Waals surface area contributed by atoms with Crippen LogP contribution < -0.4 is 5.32 Å². The van der Waals surface area contributed by atoms with Gasteiger partial charge in [0.25, 0.3) is 0 Å². The van der Waals surface area contributed by atoms with Crippen LogP contribution in [0.4, 0.5) is 8.78 Å². The fourth-order valence-electron chi connectivity index (χ4n) is 2.03. The Morgan fingerprint density at radius 3 is 2.68 bits per heavy atom. The van der Waals surface area contributed by atoms with Gasteiger partial charge in [-0.3, -0.25) is 4.98 Å². The molecule has 19 heavy (non-hydrogen) atoms. The number of benzene rings is 1. The van der Waals surface area contributed by atoms with Crippen LogP contribution in [-0.4, -0.2) is 11.0 Å². The number of nitrogens with zero attached hydrogens (tertiary/aromatic N) is 1. The molecule has 0 spiro atoms. The third kappa shape index (κ3) is 2.79. The van der Waals surface area contributed by atoms with Crippen molar-refractivity contribution < 1.29 is 8.78 Å². The number of halogens is 2. The van der Waals surface area contributed by atoms with Gasteiger partial charge in [0.1, 0.15) is 11.6 Å². The van der Waals surface area contributed by atoms with Gasteiger partial charge >= 0.3 is 0 Å². The average Bonchev–Trinajstić information content (AvgIpc) is 3.23. The normalized spacial score (nSPS) is 14.6. The zero-order chi connectivity index (χ0) is 13.2. The number of hydrogen-bond donors (Lipinski definition) is 1.